The van der Waals surface area contributed by atoms with Gasteiger partial charge in [-0.05, 0) is 68.4 Å². The summed E-state index contributed by atoms with van der Waals surface area (Å²) in [6, 6.07) is 0. The van der Waals surface area contributed by atoms with E-state index in [1.54, 1.807) is 0 Å². The van der Waals surface area contributed by atoms with Crippen molar-refractivity contribution in [3.8, 4) is 0 Å². The third-order valence-electron chi connectivity index (χ3n) is 3.79. The molecule has 0 aliphatic heterocycles. The average Bonchev–Trinajstić information content (AvgIpc) is 2.33. The van der Waals surface area contributed by atoms with Crippen molar-refractivity contribution in [2.45, 2.75) is 53.4 Å². The van der Waals surface area contributed by atoms with E-state index in [1.807, 2.05) is 48.5 Å². The second-order valence-electron chi connectivity index (χ2n) is 5.75. The standard InChI is InChI=1S/C15H25NO3S/c1-9(2)8-19-16-20(17,18)15-13(6)11(4)10(3)12(5)14(15)7/h9,16H,8H2,1-7H3. The fourth-order valence-electron chi connectivity index (χ4n) is 2.19. The lowest BCUT2D eigenvalue weighted by molar-refractivity contribution is 0.0718. The number of rotatable bonds is 5. The minimum absolute atomic E-state index is 0.265. The van der Waals surface area contributed by atoms with Crippen molar-refractivity contribution in [2.24, 2.45) is 5.92 Å². The first kappa shape index (κ1) is 17.1. The molecule has 1 N–H and O–H groups in total. The lowest BCUT2D eigenvalue weighted by Crippen LogP contribution is -2.27. The monoisotopic (exact) mass is 299 g/mol. The Morgan fingerprint density at radius 1 is 0.900 bits per heavy atom. The van der Waals surface area contributed by atoms with Gasteiger partial charge in [0.15, 0.2) is 0 Å². The predicted molar refractivity (Wildman–Crippen MR) is 81.2 cm³/mol. The Morgan fingerprint density at radius 2 is 1.30 bits per heavy atom. The van der Waals surface area contributed by atoms with Crippen molar-refractivity contribution in [3.05, 3.63) is 27.8 Å². The molecule has 0 fully saturated rings. The van der Waals surface area contributed by atoms with E-state index >= 15 is 0 Å². The molecule has 0 heterocycles. The van der Waals surface area contributed by atoms with Gasteiger partial charge in [-0.25, -0.2) is 8.42 Å². The maximum absolute atomic E-state index is 12.4. The highest BCUT2D eigenvalue weighted by Gasteiger charge is 2.23. The van der Waals surface area contributed by atoms with Crippen LogP contribution in [0.2, 0.25) is 0 Å². The second-order valence-corrected chi connectivity index (χ2v) is 7.33. The Hall–Kier alpha value is -0.910. The minimum atomic E-state index is -3.65. The second kappa shape index (κ2) is 6.24. The third-order valence-corrected chi connectivity index (χ3v) is 5.27. The lowest BCUT2D eigenvalue weighted by atomic mass is 9.95. The van der Waals surface area contributed by atoms with Crippen molar-refractivity contribution in [1.29, 1.82) is 0 Å². The van der Waals surface area contributed by atoms with Crippen LogP contribution in [0.25, 0.3) is 0 Å². The van der Waals surface area contributed by atoms with Gasteiger partial charge in [-0.1, -0.05) is 18.7 Å². The molecule has 0 radical (unpaired) electrons. The van der Waals surface area contributed by atoms with E-state index in [0.717, 1.165) is 27.8 Å². The van der Waals surface area contributed by atoms with Crippen LogP contribution in [-0.2, 0) is 14.9 Å². The van der Waals surface area contributed by atoms with Gasteiger partial charge in [-0.2, -0.15) is 0 Å². The van der Waals surface area contributed by atoms with E-state index in [1.165, 1.54) is 0 Å². The molecule has 0 unspecified atom stereocenters. The van der Waals surface area contributed by atoms with Crippen LogP contribution < -0.4 is 4.89 Å². The van der Waals surface area contributed by atoms with E-state index in [-0.39, 0.29) is 5.92 Å². The molecule has 0 spiro atoms. The van der Waals surface area contributed by atoms with Crippen LogP contribution in [0, 0.1) is 40.5 Å². The Kier molecular flexibility index (Phi) is 5.35. The van der Waals surface area contributed by atoms with Crippen molar-refractivity contribution >= 4 is 10.0 Å². The highest BCUT2D eigenvalue weighted by Crippen LogP contribution is 2.29. The SMILES string of the molecule is Cc1c(C)c(C)c(S(=O)(=O)NOCC(C)C)c(C)c1C. The van der Waals surface area contributed by atoms with Gasteiger partial charge in [0.2, 0.25) is 0 Å². The van der Waals surface area contributed by atoms with E-state index in [2.05, 4.69) is 4.89 Å². The summed E-state index contributed by atoms with van der Waals surface area (Å²) < 4.78 is 24.9. The van der Waals surface area contributed by atoms with Gasteiger partial charge in [0.25, 0.3) is 10.0 Å². The van der Waals surface area contributed by atoms with Crippen molar-refractivity contribution in [2.75, 3.05) is 6.61 Å². The van der Waals surface area contributed by atoms with Crippen molar-refractivity contribution < 1.29 is 13.3 Å². The summed E-state index contributed by atoms with van der Waals surface area (Å²) in [5.41, 5.74) is 4.73. The van der Waals surface area contributed by atoms with E-state index in [9.17, 15) is 8.42 Å². The zero-order chi connectivity index (χ0) is 15.7. The molecule has 0 atom stereocenters. The number of hydrogen-bond acceptors (Lipinski definition) is 3. The Bertz CT molecular complexity index is 575. The highest BCUT2D eigenvalue weighted by molar-refractivity contribution is 7.89. The van der Waals surface area contributed by atoms with Crippen molar-refractivity contribution in [3.63, 3.8) is 0 Å². The van der Waals surface area contributed by atoms with Crippen molar-refractivity contribution in [1.82, 2.24) is 4.89 Å². The Labute approximate surface area is 122 Å². The quantitative estimate of drug-likeness (QED) is 0.850. The third kappa shape index (κ3) is 3.40. The molecule has 1 rings (SSSR count). The molecule has 1 aromatic carbocycles. The molecular formula is C15H25NO3S. The van der Waals surface area contributed by atoms with Gasteiger partial charge >= 0.3 is 0 Å². The van der Waals surface area contributed by atoms with E-state index in [4.69, 9.17) is 4.84 Å². The zero-order valence-electron chi connectivity index (χ0n) is 13.4. The van der Waals surface area contributed by atoms with Crippen LogP contribution in [0.3, 0.4) is 0 Å². The van der Waals surface area contributed by atoms with E-state index in [0.29, 0.717) is 11.5 Å². The van der Waals surface area contributed by atoms with Gasteiger partial charge < -0.3 is 0 Å². The number of benzene rings is 1. The van der Waals surface area contributed by atoms with Gasteiger partial charge in [-0.3, -0.25) is 4.84 Å². The first-order chi connectivity index (χ1) is 9.09. The van der Waals surface area contributed by atoms with E-state index < -0.39 is 10.0 Å². The molecular weight excluding hydrogens is 274 g/mol. The fraction of sp³-hybridized carbons (Fsp3) is 0.600. The van der Waals surface area contributed by atoms with Gasteiger partial charge in [0.1, 0.15) is 0 Å². The Balaban J connectivity index is 3.26. The number of hydrogen-bond donors (Lipinski definition) is 1. The summed E-state index contributed by atoms with van der Waals surface area (Å²) in [7, 11) is -3.65. The molecule has 0 bridgehead atoms. The molecule has 0 amide bonds. The lowest BCUT2D eigenvalue weighted by Gasteiger charge is -2.19. The molecule has 0 aliphatic carbocycles. The van der Waals surface area contributed by atoms with Gasteiger partial charge in [0, 0.05) is 0 Å². The maximum atomic E-state index is 12.4. The Morgan fingerprint density at radius 3 is 1.70 bits per heavy atom. The minimum Gasteiger partial charge on any atom is -0.287 e. The first-order valence-corrected chi connectivity index (χ1v) is 8.28. The number of nitrogens with one attached hydrogen (secondary N) is 1. The molecule has 1 aromatic rings. The summed E-state index contributed by atoms with van der Waals surface area (Å²) in [5.74, 6) is 0.265. The summed E-state index contributed by atoms with van der Waals surface area (Å²) in [6.07, 6.45) is 0. The van der Waals surface area contributed by atoms with Crippen LogP contribution in [0.1, 0.15) is 41.7 Å². The molecule has 0 aromatic heterocycles. The summed E-state index contributed by atoms with van der Waals surface area (Å²) >= 11 is 0. The maximum Gasteiger partial charge on any atom is 0.263 e. The largest absolute Gasteiger partial charge is 0.287 e. The molecule has 5 heteroatoms. The molecule has 4 nitrogen and oxygen atoms in total. The molecule has 20 heavy (non-hydrogen) atoms. The number of sulfonamides is 1. The van der Waals surface area contributed by atoms with Crippen LogP contribution >= 0.6 is 0 Å². The predicted octanol–water partition coefficient (Wildman–Crippen LogP) is 3.09. The molecule has 114 valence electrons. The highest BCUT2D eigenvalue weighted by atomic mass is 32.2. The molecule has 0 aliphatic rings. The topological polar surface area (TPSA) is 55.4 Å². The average molecular weight is 299 g/mol. The van der Waals surface area contributed by atoms with Crippen LogP contribution in [-0.4, -0.2) is 15.0 Å². The van der Waals surface area contributed by atoms with Gasteiger partial charge in [-0.15, -0.1) is 0 Å². The summed E-state index contributed by atoms with van der Waals surface area (Å²) in [6.45, 7) is 13.9. The summed E-state index contributed by atoms with van der Waals surface area (Å²) in [4.78, 5) is 7.67. The van der Waals surface area contributed by atoms with Crippen LogP contribution in [0.15, 0.2) is 4.90 Å². The van der Waals surface area contributed by atoms with Gasteiger partial charge in [0.05, 0.1) is 11.5 Å². The zero-order valence-corrected chi connectivity index (χ0v) is 14.2. The fourth-order valence-corrected chi connectivity index (χ4v) is 3.61. The van der Waals surface area contributed by atoms with Crippen LogP contribution in [0.5, 0.6) is 0 Å². The van der Waals surface area contributed by atoms with Crippen LogP contribution in [0.4, 0.5) is 0 Å². The molecule has 0 saturated heterocycles. The smallest absolute Gasteiger partial charge is 0.263 e. The first-order valence-electron chi connectivity index (χ1n) is 6.80. The molecule has 0 saturated carbocycles. The normalized spacial score (nSPS) is 12.2. The summed E-state index contributed by atoms with van der Waals surface area (Å²) in [5, 5.41) is 0.